The molecule has 2 N–H and O–H groups in total. The minimum Gasteiger partial charge on any atom is -0.380 e. The quantitative estimate of drug-likeness (QED) is 0.685. The van der Waals surface area contributed by atoms with Gasteiger partial charge in [0, 0.05) is 12.4 Å². The zero-order valence-electron chi connectivity index (χ0n) is 6.27. The van der Waals surface area contributed by atoms with Gasteiger partial charge in [0.2, 0.25) is 0 Å². The predicted molar refractivity (Wildman–Crippen MR) is 44.1 cm³/mol. The van der Waals surface area contributed by atoms with Gasteiger partial charge in [-0.3, -0.25) is 4.98 Å². The summed E-state index contributed by atoms with van der Waals surface area (Å²) in [6.45, 7) is 0. The van der Waals surface area contributed by atoms with E-state index in [0.717, 1.165) is 11.1 Å². The summed E-state index contributed by atoms with van der Waals surface area (Å²) in [5, 5.41) is 3.58. The second-order valence-corrected chi connectivity index (χ2v) is 2.35. The fourth-order valence-electron chi connectivity index (χ4n) is 0.993. The SMILES string of the molecule is Nc1nocc1-c1ccncc1. The fourth-order valence-corrected chi connectivity index (χ4v) is 0.993. The summed E-state index contributed by atoms with van der Waals surface area (Å²) in [7, 11) is 0. The van der Waals surface area contributed by atoms with Gasteiger partial charge in [-0.15, -0.1) is 0 Å². The van der Waals surface area contributed by atoms with E-state index >= 15 is 0 Å². The lowest BCUT2D eigenvalue weighted by atomic mass is 10.1. The summed E-state index contributed by atoms with van der Waals surface area (Å²) >= 11 is 0. The molecule has 2 rings (SSSR count). The Bertz CT molecular complexity index is 369. The molecule has 4 nitrogen and oxygen atoms in total. The van der Waals surface area contributed by atoms with E-state index in [-0.39, 0.29) is 0 Å². The van der Waals surface area contributed by atoms with Crippen LogP contribution in [0.3, 0.4) is 0 Å². The molecule has 0 saturated heterocycles. The molecule has 12 heavy (non-hydrogen) atoms. The van der Waals surface area contributed by atoms with Gasteiger partial charge in [-0.05, 0) is 17.7 Å². The van der Waals surface area contributed by atoms with Gasteiger partial charge in [-0.1, -0.05) is 5.16 Å². The third-order valence-electron chi connectivity index (χ3n) is 1.59. The van der Waals surface area contributed by atoms with E-state index in [1.807, 2.05) is 12.1 Å². The molecule has 2 aromatic rings. The molecular formula is C8H7N3O. The maximum Gasteiger partial charge on any atom is 0.174 e. The van der Waals surface area contributed by atoms with Crippen LogP contribution >= 0.6 is 0 Å². The maximum absolute atomic E-state index is 5.55. The summed E-state index contributed by atoms with van der Waals surface area (Å²) in [6.07, 6.45) is 4.91. The first-order valence-corrected chi connectivity index (χ1v) is 3.48. The molecule has 0 aromatic carbocycles. The molecule has 0 unspecified atom stereocenters. The highest BCUT2D eigenvalue weighted by Crippen LogP contribution is 2.23. The molecule has 0 aliphatic carbocycles. The van der Waals surface area contributed by atoms with Crippen LogP contribution in [0.5, 0.6) is 0 Å². The number of anilines is 1. The van der Waals surface area contributed by atoms with E-state index in [1.165, 1.54) is 6.26 Å². The Morgan fingerprint density at radius 2 is 2.00 bits per heavy atom. The molecule has 0 aliphatic heterocycles. The lowest BCUT2D eigenvalue weighted by Crippen LogP contribution is -1.86. The first-order chi connectivity index (χ1) is 5.88. The minimum absolute atomic E-state index is 0.404. The molecular weight excluding hydrogens is 154 g/mol. The van der Waals surface area contributed by atoms with Crippen LogP contribution in [0.2, 0.25) is 0 Å². The van der Waals surface area contributed by atoms with E-state index in [9.17, 15) is 0 Å². The molecule has 0 bridgehead atoms. The van der Waals surface area contributed by atoms with E-state index in [2.05, 4.69) is 10.1 Å². The Labute approximate surface area is 69.0 Å². The maximum atomic E-state index is 5.55. The third kappa shape index (κ3) is 1.03. The lowest BCUT2D eigenvalue weighted by Gasteiger charge is -1.94. The zero-order chi connectivity index (χ0) is 8.39. The molecule has 60 valence electrons. The molecule has 0 amide bonds. The fraction of sp³-hybridized carbons (Fsp3) is 0. The van der Waals surface area contributed by atoms with Crippen LogP contribution < -0.4 is 5.73 Å². The molecule has 0 aliphatic rings. The van der Waals surface area contributed by atoms with Crippen molar-refractivity contribution in [3.8, 4) is 11.1 Å². The van der Waals surface area contributed by atoms with Crippen molar-refractivity contribution in [2.75, 3.05) is 5.73 Å². The highest BCUT2D eigenvalue weighted by Gasteiger charge is 2.04. The Balaban J connectivity index is 2.51. The number of nitrogen functional groups attached to an aromatic ring is 1. The third-order valence-corrected chi connectivity index (χ3v) is 1.59. The number of nitrogens with two attached hydrogens (primary N) is 1. The van der Waals surface area contributed by atoms with Crippen molar-refractivity contribution >= 4 is 5.82 Å². The van der Waals surface area contributed by atoms with Crippen LogP contribution in [0.4, 0.5) is 5.82 Å². The number of rotatable bonds is 1. The van der Waals surface area contributed by atoms with Crippen LogP contribution in [0.1, 0.15) is 0 Å². The average Bonchev–Trinajstić information content (AvgIpc) is 2.53. The molecule has 0 atom stereocenters. The molecule has 2 aromatic heterocycles. The second kappa shape index (κ2) is 2.65. The van der Waals surface area contributed by atoms with Gasteiger partial charge in [0.1, 0.15) is 6.26 Å². The van der Waals surface area contributed by atoms with Crippen molar-refractivity contribution in [2.45, 2.75) is 0 Å². The largest absolute Gasteiger partial charge is 0.380 e. The molecule has 0 radical (unpaired) electrons. The molecule has 2 heterocycles. The van der Waals surface area contributed by atoms with Crippen molar-refractivity contribution in [1.82, 2.24) is 10.1 Å². The number of pyridine rings is 1. The summed E-state index contributed by atoms with van der Waals surface area (Å²) in [5.41, 5.74) is 7.31. The number of hydrogen-bond donors (Lipinski definition) is 1. The van der Waals surface area contributed by atoms with Crippen molar-refractivity contribution in [3.63, 3.8) is 0 Å². The normalized spacial score (nSPS) is 10.0. The van der Waals surface area contributed by atoms with E-state index in [0.29, 0.717) is 5.82 Å². The molecule has 0 spiro atoms. The van der Waals surface area contributed by atoms with Crippen LogP contribution in [-0.2, 0) is 0 Å². The van der Waals surface area contributed by atoms with Gasteiger partial charge in [-0.25, -0.2) is 0 Å². The summed E-state index contributed by atoms with van der Waals surface area (Å²) in [5.74, 6) is 0.404. The number of nitrogens with zero attached hydrogens (tertiary/aromatic N) is 2. The topological polar surface area (TPSA) is 64.9 Å². The standard InChI is InChI=1S/C8H7N3O/c9-8-7(5-12-11-8)6-1-3-10-4-2-6/h1-5H,(H2,9,11). The summed E-state index contributed by atoms with van der Waals surface area (Å²) < 4.78 is 4.70. The second-order valence-electron chi connectivity index (χ2n) is 2.35. The Morgan fingerprint density at radius 3 is 2.58 bits per heavy atom. The summed E-state index contributed by atoms with van der Waals surface area (Å²) in [4.78, 5) is 3.89. The Hall–Kier alpha value is -1.84. The summed E-state index contributed by atoms with van der Waals surface area (Å²) in [6, 6.07) is 3.70. The average molecular weight is 161 g/mol. The number of hydrogen-bond acceptors (Lipinski definition) is 4. The smallest absolute Gasteiger partial charge is 0.174 e. The van der Waals surface area contributed by atoms with Crippen molar-refractivity contribution in [1.29, 1.82) is 0 Å². The first kappa shape index (κ1) is 6.84. The Kier molecular flexibility index (Phi) is 1.51. The molecule has 0 fully saturated rings. The zero-order valence-corrected chi connectivity index (χ0v) is 6.27. The van der Waals surface area contributed by atoms with Crippen LogP contribution in [0.15, 0.2) is 35.3 Å². The van der Waals surface area contributed by atoms with Gasteiger partial charge in [0.25, 0.3) is 0 Å². The van der Waals surface area contributed by atoms with E-state index < -0.39 is 0 Å². The highest BCUT2D eigenvalue weighted by atomic mass is 16.5. The van der Waals surface area contributed by atoms with Crippen molar-refractivity contribution in [2.24, 2.45) is 0 Å². The van der Waals surface area contributed by atoms with Crippen molar-refractivity contribution < 1.29 is 4.52 Å². The lowest BCUT2D eigenvalue weighted by molar-refractivity contribution is 0.423. The van der Waals surface area contributed by atoms with E-state index in [1.54, 1.807) is 12.4 Å². The predicted octanol–water partition coefficient (Wildman–Crippen LogP) is 1.32. The van der Waals surface area contributed by atoms with Gasteiger partial charge in [0.15, 0.2) is 5.82 Å². The van der Waals surface area contributed by atoms with E-state index in [4.69, 9.17) is 10.3 Å². The highest BCUT2D eigenvalue weighted by molar-refractivity contribution is 5.71. The van der Waals surface area contributed by atoms with Gasteiger partial charge >= 0.3 is 0 Å². The van der Waals surface area contributed by atoms with Gasteiger partial charge in [0.05, 0.1) is 5.56 Å². The van der Waals surface area contributed by atoms with Gasteiger partial charge < -0.3 is 10.3 Å². The van der Waals surface area contributed by atoms with Crippen LogP contribution in [-0.4, -0.2) is 10.1 Å². The Morgan fingerprint density at radius 1 is 1.25 bits per heavy atom. The number of aromatic nitrogens is 2. The van der Waals surface area contributed by atoms with Crippen molar-refractivity contribution in [3.05, 3.63) is 30.8 Å². The minimum atomic E-state index is 0.404. The molecule has 4 heteroatoms. The monoisotopic (exact) mass is 161 g/mol. The van der Waals surface area contributed by atoms with Gasteiger partial charge in [-0.2, -0.15) is 0 Å². The molecule has 0 saturated carbocycles. The first-order valence-electron chi connectivity index (χ1n) is 3.48. The van der Waals surface area contributed by atoms with Crippen LogP contribution in [0.25, 0.3) is 11.1 Å². The van der Waals surface area contributed by atoms with Crippen LogP contribution in [0, 0.1) is 0 Å².